The summed E-state index contributed by atoms with van der Waals surface area (Å²) in [6, 6.07) is 20.5. The highest BCUT2D eigenvalue weighted by Gasteiger charge is 2.47. The first-order valence-corrected chi connectivity index (χ1v) is 9.11. The maximum atomic E-state index is 13.3. The van der Waals surface area contributed by atoms with Crippen LogP contribution in [0.4, 0.5) is 0 Å². The van der Waals surface area contributed by atoms with Gasteiger partial charge in [0, 0.05) is 24.9 Å². The van der Waals surface area contributed by atoms with Gasteiger partial charge in [-0.05, 0) is 31.5 Å². The number of hydrogen-bond donors (Lipinski definition) is 0. The Morgan fingerprint density at radius 2 is 1.56 bits per heavy atom. The van der Waals surface area contributed by atoms with Gasteiger partial charge in [0.25, 0.3) is 0 Å². The molecular weight excluding hydrogens is 310 g/mol. The Kier molecular flexibility index (Phi) is 4.12. The largest absolute Gasteiger partial charge is 0.461 e. The van der Waals surface area contributed by atoms with Crippen LogP contribution in [0.3, 0.4) is 0 Å². The molecule has 1 saturated carbocycles. The molecule has 2 aromatic rings. The Morgan fingerprint density at radius 3 is 2.00 bits per heavy atom. The van der Waals surface area contributed by atoms with Gasteiger partial charge >= 0.3 is 5.97 Å². The Bertz CT molecular complexity index is 702. The number of fused-ring (bicyclic) bond motifs is 2. The maximum Gasteiger partial charge on any atom is 0.321 e. The third-order valence-corrected chi connectivity index (χ3v) is 6.12. The van der Waals surface area contributed by atoms with Crippen LogP contribution in [0.2, 0.25) is 0 Å². The maximum absolute atomic E-state index is 13.3. The summed E-state index contributed by atoms with van der Waals surface area (Å²) in [5.41, 5.74) is 1.17. The van der Waals surface area contributed by atoms with E-state index >= 15 is 0 Å². The van der Waals surface area contributed by atoms with Crippen molar-refractivity contribution in [1.29, 1.82) is 0 Å². The summed E-state index contributed by atoms with van der Waals surface area (Å²) < 4.78 is 6.10. The molecule has 2 bridgehead atoms. The van der Waals surface area contributed by atoms with Gasteiger partial charge in [-0.25, -0.2) is 0 Å². The Labute approximate surface area is 149 Å². The normalized spacial score (nSPS) is 25.9. The monoisotopic (exact) mass is 335 g/mol. The topological polar surface area (TPSA) is 29.5 Å². The quantitative estimate of drug-likeness (QED) is 0.799. The number of piperidine rings is 1. The molecule has 0 N–H and O–H groups in total. The van der Waals surface area contributed by atoms with Crippen molar-refractivity contribution in [3.63, 3.8) is 0 Å². The Hall–Kier alpha value is -2.13. The summed E-state index contributed by atoms with van der Waals surface area (Å²) in [5.74, 6) is 0.347. The number of nitrogens with zero attached hydrogens (tertiary/aromatic N) is 1. The fourth-order valence-electron chi connectivity index (χ4n) is 4.47. The number of likely N-dealkylation sites (tertiary alicyclic amines) is 1. The Balaban J connectivity index is 1.64. The van der Waals surface area contributed by atoms with Gasteiger partial charge in [-0.3, -0.25) is 4.79 Å². The van der Waals surface area contributed by atoms with Gasteiger partial charge in [0.15, 0.2) is 0 Å². The number of rotatable bonds is 4. The van der Waals surface area contributed by atoms with Gasteiger partial charge in [0.1, 0.15) is 11.5 Å². The number of esters is 1. The fraction of sp³-hybridized carbons (Fsp3) is 0.409. The molecule has 1 saturated heterocycles. The summed E-state index contributed by atoms with van der Waals surface area (Å²) in [4.78, 5) is 15.7. The molecule has 25 heavy (non-hydrogen) atoms. The summed E-state index contributed by atoms with van der Waals surface area (Å²) in [6.07, 6.45) is 2.18. The molecule has 4 rings (SSSR count). The SMILES string of the molecule is CN1C[C@H]2C[C@@H]1C[C@H]2OC(=O)C(C)(c1ccccc1)c1ccccc1. The molecule has 0 spiro atoms. The highest BCUT2D eigenvalue weighted by Crippen LogP contribution is 2.41. The van der Waals surface area contributed by atoms with Crippen LogP contribution in [0.5, 0.6) is 0 Å². The molecule has 3 heteroatoms. The van der Waals surface area contributed by atoms with Gasteiger partial charge in [-0.15, -0.1) is 0 Å². The van der Waals surface area contributed by atoms with E-state index in [1.54, 1.807) is 0 Å². The van der Waals surface area contributed by atoms with E-state index in [-0.39, 0.29) is 12.1 Å². The van der Waals surface area contributed by atoms with Crippen LogP contribution < -0.4 is 0 Å². The number of carbonyl (C=O) groups is 1. The second kappa shape index (κ2) is 6.30. The van der Waals surface area contributed by atoms with Crippen molar-refractivity contribution in [2.45, 2.75) is 37.3 Å². The predicted octanol–water partition coefficient (Wildman–Crippen LogP) is 3.63. The minimum Gasteiger partial charge on any atom is -0.461 e. The highest BCUT2D eigenvalue weighted by molar-refractivity contribution is 5.87. The lowest BCUT2D eigenvalue weighted by molar-refractivity contribution is -0.157. The number of hydrogen-bond acceptors (Lipinski definition) is 3. The van der Waals surface area contributed by atoms with Crippen LogP contribution in [-0.2, 0) is 14.9 Å². The van der Waals surface area contributed by atoms with Crippen LogP contribution in [0.1, 0.15) is 30.9 Å². The van der Waals surface area contributed by atoms with E-state index in [2.05, 4.69) is 11.9 Å². The molecule has 130 valence electrons. The van der Waals surface area contributed by atoms with Crippen molar-refractivity contribution in [2.24, 2.45) is 5.92 Å². The minimum atomic E-state index is -0.781. The van der Waals surface area contributed by atoms with Crippen molar-refractivity contribution in [1.82, 2.24) is 4.90 Å². The van der Waals surface area contributed by atoms with Crippen LogP contribution in [0, 0.1) is 5.92 Å². The van der Waals surface area contributed by atoms with E-state index in [0.717, 1.165) is 30.5 Å². The van der Waals surface area contributed by atoms with E-state index < -0.39 is 5.41 Å². The van der Waals surface area contributed by atoms with Crippen molar-refractivity contribution in [3.05, 3.63) is 71.8 Å². The van der Waals surface area contributed by atoms with E-state index in [0.29, 0.717) is 12.0 Å². The van der Waals surface area contributed by atoms with Gasteiger partial charge in [-0.2, -0.15) is 0 Å². The summed E-state index contributed by atoms with van der Waals surface area (Å²) in [5, 5.41) is 0. The van der Waals surface area contributed by atoms with Crippen LogP contribution >= 0.6 is 0 Å². The van der Waals surface area contributed by atoms with E-state index in [4.69, 9.17) is 4.74 Å². The molecule has 2 aromatic carbocycles. The second-order valence-electron chi connectivity index (χ2n) is 7.63. The van der Waals surface area contributed by atoms with Crippen molar-refractivity contribution in [2.75, 3.05) is 13.6 Å². The lowest BCUT2D eigenvalue weighted by Crippen LogP contribution is -2.42. The van der Waals surface area contributed by atoms with Crippen molar-refractivity contribution in [3.8, 4) is 0 Å². The molecule has 0 unspecified atom stereocenters. The van der Waals surface area contributed by atoms with Crippen molar-refractivity contribution >= 4 is 5.97 Å². The minimum absolute atomic E-state index is 0.0560. The molecule has 0 aromatic heterocycles. The number of carbonyl (C=O) groups excluding carboxylic acids is 1. The standard InChI is InChI=1S/C22H25NO2/c1-22(17-9-5-3-6-10-17,18-11-7-4-8-12-18)21(24)25-20-14-19-13-16(20)15-23(19)2/h3-12,16,19-20H,13-15H2,1-2H3/t16-,19-,20-/m1/s1. The zero-order chi connectivity index (χ0) is 17.4. The second-order valence-corrected chi connectivity index (χ2v) is 7.63. The first kappa shape index (κ1) is 16.3. The van der Waals surface area contributed by atoms with Gasteiger partial charge in [0.05, 0.1) is 0 Å². The van der Waals surface area contributed by atoms with Crippen LogP contribution in [0.25, 0.3) is 0 Å². The van der Waals surface area contributed by atoms with Crippen LogP contribution in [-0.4, -0.2) is 36.6 Å². The number of ether oxygens (including phenoxy) is 1. The molecule has 3 nitrogen and oxygen atoms in total. The molecule has 1 aliphatic carbocycles. The molecular formula is C22H25NO2. The summed E-state index contributed by atoms with van der Waals surface area (Å²) in [7, 11) is 2.17. The first-order chi connectivity index (χ1) is 12.1. The first-order valence-electron chi connectivity index (χ1n) is 9.11. The molecule has 0 radical (unpaired) electrons. The van der Waals surface area contributed by atoms with E-state index in [1.807, 2.05) is 67.6 Å². The highest BCUT2D eigenvalue weighted by atomic mass is 16.5. The molecule has 1 aliphatic heterocycles. The molecule has 1 heterocycles. The molecule has 2 aliphatic rings. The molecule has 3 atom stereocenters. The lowest BCUT2D eigenvalue weighted by Gasteiger charge is -2.33. The predicted molar refractivity (Wildman–Crippen MR) is 98.4 cm³/mol. The van der Waals surface area contributed by atoms with Gasteiger partial charge < -0.3 is 9.64 Å². The smallest absolute Gasteiger partial charge is 0.321 e. The van der Waals surface area contributed by atoms with E-state index in [9.17, 15) is 4.79 Å². The third kappa shape index (κ3) is 2.77. The average molecular weight is 335 g/mol. The summed E-state index contributed by atoms with van der Waals surface area (Å²) >= 11 is 0. The number of benzene rings is 2. The zero-order valence-electron chi connectivity index (χ0n) is 14.9. The molecule has 2 fully saturated rings. The lowest BCUT2D eigenvalue weighted by atomic mass is 9.76. The summed E-state index contributed by atoms with van der Waals surface area (Å²) in [6.45, 7) is 3.02. The zero-order valence-corrected chi connectivity index (χ0v) is 14.9. The fourth-order valence-corrected chi connectivity index (χ4v) is 4.47. The Morgan fingerprint density at radius 1 is 1.00 bits per heavy atom. The van der Waals surface area contributed by atoms with E-state index in [1.165, 1.54) is 0 Å². The van der Waals surface area contributed by atoms with Crippen molar-refractivity contribution < 1.29 is 9.53 Å². The molecule has 0 amide bonds. The van der Waals surface area contributed by atoms with Crippen LogP contribution in [0.15, 0.2) is 60.7 Å². The average Bonchev–Trinajstić information content (AvgIpc) is 3.21. The van der Waals surface area contributed by atoms with Gasteiger partial charge in [0.2, 0.25) is 0 Å². The van der Waals surface area contributed by atoms with Gasteiger partial charge in [-0.1, -0.05) is 60.7 Å². The third-order valence-electron chi connectivity index (χ3n) is 6.12.